The van der Waals surface area contributed by atoms with Gasteiger partial charge in [0.2, 0.25) is 0 Å². The second-order valence-electron chi connectivity index (χ2n) is 5.38. The highest BCUT2D eigenvalue weighted by Crippen LogP contribution is 2.33. The van der Waals surface area contributed by atoms with E-state index in [4.69, 9.17) is 23.1 Å². The van der Waals surface area contributed by atoms with Crippen molar-refractivity contribution in [3.8, 4) is 0 Å². The molecule has 1 heterocycles. The van der Waals surface area contributed by atoms with Gasteiger partial charge in [-0.05, 0) is 30.9 Å². The van der Waals surface area contributed by atoms with Gasteiger partial charge < -0.3 is 16.4 Å². The molecule has 0 aromatic heterocycles. The van der Waals surface area contributed by atoms with Crippen molar-refractivity contribution < 1.29 is 4.79 Å². The first-order valence-corrected chi connectivity index (χ1v) is 7.51. The van der Waals surface area contributed by atoms with E-state index < -0.39 is 5.91 Å². The molecule has 0 spiro atoms. The molecule has 2 unspecified atom stereocenters. The zero-order chi connectivity index (χ0) is 14.7. The molecule has 0 aliphatic carbocycles. The fraction of sp³-hybridized carbons (Fsp3) is 0.533. The maximum absolute atomic E-state index is 11.7. The van der Waals surface area contributed by atoms with Crippen LogP contribution in [0.4, 0.5) is 5.69 Å². The number of amides is 1. The summed E-state index contributed by atoms with van der Waals surface area (Å²) in [6.07, 6.45) is 3.33. The van der Waals surface area contributed by atoms with Crippen molar-refractivity contribution in [2.45, 2.75) is 32.2 Å². The molecule has 1 aliphatic rings. The zero-order valence-corrected chi connectivity index (χ0v) is 12.6. The molecule has 1 fully saturated rings. The van der Waals surface area contributed by atoms with Crippen LogP contribution in [0.1, 0.15) is 36.5 Å². The third kappa shape index (κ3) is 2.91. The highest BCUT2D eigenvalue weighted by atomic mass is 35.5. The van der Waals surface area contributed by atoms with Gasteiger partial charge in [-0.3, -0.25) is 4.79 Å². The van der Waals surface area contributed by atoms with Crippen molar-refractivity contribution in [1.29, 1.82) is 0 Å². The normalized spacial score (nSPS) is 22.9. The Labute approximate surface area is 125 Å². The van der Waals surface area contributed by atoms with Gasteiger partial charge in [0.15, 0.2) is 0 Å². The summed E-state index contributed by atoms with van der Waals surface area (Å²) in [6.45, 7) is 3.67. The maximum atomic E-state index is 11.7. The number of benzene rings is 1. The van der Waals surface area contributed by atoms with Gasteiger partial charge in [-0.2, -0.15) is 0 Å². The molecule has 1 aliphatic heterocycles. The number of hydrogen-bond donors (Lipinski definition) is 2. The van der Waals surface area contributed by atoms with Crippen LogP contribution in [0.15, 0.2) is 18.2 Å². The molecule has 5 heteroatoms. The van der Waals surface area contributed by atoms with Gasteiger partial charge >= 0.3 is 0 Å². The molecule has 0 saturated carbocycles. The average molecular weight is 296 g/mol. The Hall–Kier alpha value is -1.26. The van der Waals surface area contributed by atoms with Crippen molar-refractivity contribution in [3.63, 3.8) is 0 Å². The average Bonchev–Trinajstić information content (AvgIpc) is 2.45. The number of carbonyl (C=O) groups excluding carboxylic acids is 1. The van der Waals surface area contributed by atoms with Gasteiger partial charge in [-0.15, -0.1) is 0 Å². The summed E-state index contributed by atoms with van der Waals surface area (Å²) in [5.74, 6) is 0.218. The van der Waals surface area contributed by atoms with Gasteiger partial charge in [0.1, 0.15) is 0 Å². The minimum atomic E-state index is -0.487. The molecule has 0 radical (unpaired) electrons. The predicted molar refractivity (Wildman–Crippen MR) is 83.2 cm³/mol. The largest absolute Gasteiger partial charge is 0.367 e. The molecule has 0 bridgehead atoms. The molecular weight excluding hydrogens is 274 g/mol. The highest BCUT2D eigenvalue weighted by Gasteiger charge is 2.29. The number of nitrogens with two attached hydrogens (primary N) is 2. The van der Waals surface area contributed by atoms with E-state index in [2.05, 4.69) is 11.8 Å². The minimum Gasteiger partial charge on any atom is -0.367 e. The van der Waals surface area contributed by atoms with E-state index in [1.165, 1.54) is 6.42 Å². The molecule has 4 nitrogen and oxygen atoms in total. The minimum absolute atomic E-state index is 0.241. The third-order valence-corrected chi connectivity index (χ3v) is 4.54. The fourth-order valence-corrected chi connectivity index (χ4v) is 3.30. The van der Waals surface area contributed by atoms with Crippen LogP contribution in [0.25, 0.3) is 0 Å². The van der Waals surface area contributed by atoms with Gasteiger partial charge in [-0.1, -0.05) is 31.0 Å². The second-order valence-corrected chi connectivity index (χ2v) is 5.79. The third-order valence-electron chi connectivity index (χ3n) is 4.22. The zero-order valence-electron chi connectivity index (χ0n) is 11.8. The first-order chi connectivity index (χ1) is 9.58. The van der Waals surface area contributed by atoms with E-state index in [1.54, 1.807) is 6.07 Å². The molecule has 2 rings (SSSR count). The SMILES string of the molecule is CCC1CCN(c2cccc(Cl)c2C(N)=O)C(CN)C1. The van der Waals surface area contributed by atoms with E-state index in [0.717, 1.165) is 25.1 Å². The standard InChI is InChI=1S/C15H22ClN3O/c1-2-10-6-7-19(11(8-10)9-17)13-5-3-4-12(16)14(13)15(18)20/h3-5,10-11H,2,6-9,17H2,1H3,(H2,18,20). The molecule has 1 aromatic rings. The number of rotatable bonds is 4. The van der Waals surface area contributed by atoms with Crippen LogP contribution in [0.2, 0.25) is 5.02 Å². The van der Waals surface area contributed by atoms with Gasteiger partial charge in [-0.25, -0.2) is 0 Å². The van der Waals surface area contributed by atoms with Crippen LogP contribution in [-0.2, 0) is 0 Å². The van der Waals surface area contributed by atoms with Crippen molar-refractivity contribution in [1.82, 2.24) is 0 Å². The second kappa shape index (κ2) is 6.46. The number of piperidine rings is 1. The van der Waals surface area contributed by atoms with Crippen LogP contribution in [0.3, 0.4) is 0 Å². The molecule has 2 atom stereocenters. The van der Waals surface area contributed by atoms with E-state index in [1.807, 2.05) is 12.1 Å². The Bertz CT molecular complexity index is 492. The fourth-order valence-electron chi connectivity index (χ4n) is 3.04. The first-order valence-electron chi connectivity index (χ1n) is 7.13. The van der Waals surface area contributed by atoms with Crippen molar-refractivity contribution in [2.24, 2.45) is 17.4 Å². The lowest BCUT2D eigenvalue weighted by molar-refractivity contribution is 0.100. The van der Waals surface area contributed by atoms with Crippen molar-refractivity contribution >= 4 is 23.2 Å². The Balaban J connectivity index is 2.35. The van der Waals surface area contributed by atoms with Crippen LogP contribution >= 0.6 is 11.6 Å². The van der Waals surface area contributed by atoms with Gasteiger partial charge in [0.25, 0.3) is 5.91 Å². The molecular formula is C15H22ClN3O. The molecule has 1 saturated heterocycles. The van der Waals surface area contributed by atoms with Crippen LogP contribution in [-0.4, -0.2) is 25.0 Å². The van der Waals surface area contributed by atoms with Crippen molar-refractivity contribution in [3.05, 3.63) is 28.8 Å². The van der Waals surface area contributed by atoms with E-state index >= 15 is 0 Å². The highest BCUT2D eigenvalue weighted by molar-refractivity contribution is 6.34. The summed E-state index contributed by atoms with van der Waals surface area (Å²) in [5.41, 5.74) is 12.6. The van der Waals surface area contributed by atoms with Gasteiger partial charge in [0, 0.05) is 19.1 Å². The lowest BCUT2D eigenvalue weighted by Gasteiger charge is -2.41. The van der Waals surface area contributed by atoms with Gasteiger partial charge in [0.05, 0.1) is 16.3 Å². The number of hydrogen-bond acceptors (Lipinski definition) is 3. The summed E-state index contributed by atoms with van der Waals surface area (Å²) < 4.78 is 0. The number of carbonyl (C=O) groups is 1. The van der Waals surface area contributed by atoms with Crippen LogP contribution in [0.5, 0.6) is 0 Å². The van der Waals surface area contributed by atoms with E-state index in [9.17, 15) is 4.79 Å². The number of primary amides is 1. The Kier molecular flexibility index (Phi) is 4.89. The lowest BCUT2D eigenvalue weighted by Crippen LogP contribution is -2.47. The summed E-state index contributed by atoms with van der Waals surface area (Å²) >= 11 is 6.13. The molecule has 1 amide bonds. The van der Waals surface area contributed by atoms with Crippen molar-refractivity contribution in [2.75, 3.05) is 18.0 Å². The maximum Gasteiger partial charge on any atom is 0.252 e. The van der Waals surface area contributed by atoms with E-state index in [-0.39, 0.29) is 6.04 Å². The topological polar surface area (TPSA) is 72.3 Å². The van der Waals surface area contributed by atoms with E-state index in [0.29, 0.717) is 23.0 Å². The molecule has 20 heavy (non-hydrogen) atoms. The first kappa shape index (κ1) is 15.1. The summed E-state index contributed by atoms with van der Waals surface area (Å²) in [4.78, 5) is 13.9. The van der Waals surface area contributed by atoms with Crippen LogP contribution < -0.4 is 16.4 Å². The predicted octanol–water partition coefficient (Wildman–Crippen LogP) is 2.39. The number of anilines is 1. The Morgan fingerprint density at radius 1 is 1.50 bits per heavy atom. The quantitative estimate of drug-likeness (QED) is 0.896. The summed E-state index contributed by atoms with van der Waals surface area (Å²) in [6, 6.07) is 5.69. The lowest BCUT2D eigenvalue weighted by atomic mass is 9.88. The molecule has 4 N–H and O–H groups in total. The number of halogens is 1. The van der Waals surface area contributed by atoms with Crippen LogP contribution in [0, 0.1) is 5.92 Å². The summed E-state index contributed by atoms with van der Waals surface area (Å²) in [5, 5.41) is 0.406. The smallest absolute Gasteiger partial charge is 0.252 e. The number of nitrogens with zero attached hydrogens (tertiary/aromatic N) is 1. The molecule has 110 valence electrons. The Morgan fingerprint density at radius 3 is 2.85 bits per heavy atom. The molecule has 1 aromatic carbocycles. The Morgan fingerprint density at radius 2 is 2.25 bits per heavy atom. The monoisotopic (exact) mass is 295 g/mol. The summed E-state index contributed by atoms with van der Waals surface area (Å²) in [7, 11) is 0.